The lowest BCUT2D eigenvalue weighted by Crippen LogP contribution is -2.55. The largest absolute Gasteiger partial charge is 0.417 e. The smallest absolute Gasteiger partial charge is 0.386 e. The zero-order chi connectivity index (χ0) is 15.3. The van der Waals surface area contributed by atoms with Crippen molar-refractivity contribution >= 4 is 21.8 Å². The highest BCUT2D eigenvalue weighted by Gasteiger charge is 2.63. The van der Waals surface area contributed by atoms with Crippen LogP contribution in [0.5, 0.6) is 0 Å². The maximum atomic E-state index is 13.5. The summed E-state index contributed by atoms with van der Waals surface area (Å²) in [5.41, 5.74) is 4.72. The summed E-state index contributed by atoms with van der Waals surface area (Å²) in [7, 11) is 0. The predicted octanol–water partition coefficient (Wildman–Crippen LogP) is 3.37. The van der Waals surface area contributed by atoms with Crippen molar-refractivity contribution < 1.29 is 17.9 Å². The molecule has 0 spiro atoms. The molecule has 3 rings (SSSR count). The van der Waals surface area contributed by atoms with Gasteiger partial charge in [0, 0.05) is 4.47 Å². The number of amidine groups is 1. The molecule has 7 heteroatoms. The number of nitrogens with two attached hydrogens (primary N) is 1. The van der Waals surface area contributed by atoms with E-state index in [4.69, 9.17) is 10.5 Å². The number of alkyl halides is 3. The number of benzene rings is 1. The van der Waals surface area contributed by atoms with Gasteiger partial charge in [0.2, 0.25) is 0 Å². The van der Waals surface area contributed by atoms with Gasteiger partial charge in [-0.3, -0.25) is 4.99 Å². The Morgan fingerprint density at radius 1 is 1.33 bits per heavy atom. The minimum absolute atomic E-state index is 0.113. The van der Waals surface area contributed by atoms with Crippen LogP contribution in [0.1, 0.15) is 18.4 Å². The van der Waals surface area contributed by atoms with Gasteiger partial charge in [-0.15, -0.1) is 0 Å². The van der Waals surface area contributed by atoms with Gasteiger partial charge in [-0.2, -0.15) is 13.2 Å². The van der Waals surface area contributed by atoms with E-state index < -0.39 is 17.8 Å². The molecule has 2 atom stereocenters. The molecule has 21 heavy (non-hydrogen) atoms. The standard InChI is InChI=1S/C14H14BrF3N2O/c15-10-3-1-2-9(6-10)13(8-4-5-8)12(14(16,17)18)21-7-11(19)20-13/h1-3,6,8,12H,4-5,7H2,(H2,19,20). The van der Waals surface area contributed by atoms with Crippen molar-refractivity contribution in [2.75, 3.05) is 6.61 Å². The molecule has 1 heterocycles. The third-order valence-electron chi connectivity index (χ3n) is 3.91. The number of hydrogen-bond donors (Lipinski definition) is 1. The fourth-order valence-corrected chi connectivity index (χ4v) is 3.39. The van der Waals surface area contributed by atoms with E-state index in [1.807, 2.05) is 0 Å². The Bertz CT molecular complexity index is 586. The molecule has 1 aliphatic carbocycles. The lowest BCUT2D eigenvalue weighted by Gasteiger charge is -2.42. The van der Waals surface area contributed by atoms with Crippen LogP contribution < -0.4 is 5.73 Å². The highest BCUT2D eigenvalue weighted by Crippen LogP contribution is 2.55. The van der Waals surface area contributed by atoms with Gasteiger partial charge in [0.1, 0.15) is 18.0 Å². The molecule has 0 amide bonds. The molecular formula is C14H14BrF3N2O. The van der Waals surface area contributed by atoms with Crippen molar-refractivity contribution in [3.05, 3.63) is 34.3 Å². The molecule has 1 fully saturated rings. The van der Waals surface area contributed by atoms with Crippen LogP contribution >= 0.6 is 15.9 Å². The Morgan fingerprint density at radius 2 is 2.05 bits per heavy atom. The summed E-state index contributed by atoms with van der Waals surface area (Å²) in [4.78, 5) is 4.26. The SMILES string of the molecule is NC1=NC(c2cccc(Br)c2)(C2CC2)C(C(F)(F)F)OC1. The van der Waals surface area contributed by atoms with Crippen molar-refractivity contribution in [2.24, 2.45) is 16.6 Å². The highest BCUT2D eigenvalue weighted by molar-refractivity contribution is 9.10. The predicted molar refractivity (Wildman–Crippen MR) is 76.0 cm³/mol. The molecule has 2 aliphatic rings. The number of rotatable bonds is 2. The summed E-state index contributed by atoms with van der Waals surface area (Å²) < 4.78 is 46.3. The van der Waals surface area contributed by atoms with Crippen LogP contribution in [-0.4, -0.2) is 24.7 Å². The molecule has 0 aromatic heterocycles. The quantitative estimate of drug-likeness (QED) is 0.876. The Morgan fingerprint density at radius 3 is 2.62 bits per heavy atom. The van der Waals surface area contributed by atoms with Gasteiger partial charge < -0.3 is 10.5 Å². The van der Waals surface area contributed by atoms with Gasteiger partial charge in [0.05, 0.1) is 0 Å². The second-order valence-corrected chi connectivity index (χ2v) is 6.36. The molecule has 3 nitrogen and oxygen atoms in total. The normalized spacial score (nSPS) is 30.1. The Labute approximate surface area is 128 Å². The van der Waals surface area contributed by atoms with E-state index in [1.165, 1.54) is 0 Å². The molecule has 1 aromatic rings. The van der Waals surface area contributed by atoms with Crippen molar-refractivity contribution in [3.8, 4) is 0 Å². The average Bonchev–Trinajstić information content (AvgIpc) is 3.21. The molecule has 0 radical (unpaired) electrons. The summed E-state index contributed by atoms with van der Waals surface area (Å²) >= 11 is 3.31. The summed E-state index contributed by atoms with van der Waals surface area (Å²) in [5.74, 6) is -0.0837. The van der Waals surface area contributed by atoms with E-state index >= 15 is 0 Å². The number of halogens is 4. The molecular weight excluding hydrogens is 349 g/mol. The van der Waals surface area contributed by atoms with E-state index in [-0.39, 0.29) is 18.4 Å². The molecule has 1 aromatic carbocycles. The molecule has 0 bridgehead atoms. The fourth-order valence-electron chi connectivity index (χ4n) is 2.99. The molecule has 2 N–H and O–H groups in total. The first kappa shape index (κ1) is 14.8. The monoisotopic (exact) mass is 362 g/mol. The van der Waals surface area contributed by atoms with E-state index in [0.29, 0.717) is 22.9 Å². The van der Waals surface area contributed by atoms with Gasteiger partial charge >= 0.3 is 6.18 Å². The fraction of sp³-hybridized carbons (Fsp3) is 0.500. The molecule has 114 valence electrons. The van der Waals surface area contributed by atoms with Crippen molar-refractivity contribution in [1.29, 1.82) is 0 Å². The Hall–Kier alpha value is -1.08. The van der Waals surface area contributed by atoms with Crippen LogP contribution in [0, 0.1) is 5.92 Å². The lowest BCUT2D eigenvalue weighted by molar-refractivity contribution is -0.243. The van der Waals surface area contributed by atoms with Gasteiger partial charge in [0.15, 0.2) is 6.10 Å². The number of hydrogen-bond acceptors (Lipinski definition) is 3. The van der Waals surface area contributed by atoms with Gasteiger partial charge in [-0.05, 0) is 36.5 Å². The van der Waals surface area contributed by atoms with Crippen LogP contribution in [0.25, 0.3) is 0 Å². The van der Waals surface area contributed by atoms with E-state index in [1.54, 1.807) is 24.3 Å². The molecule has 1 saturated carbocycles. The van der Waals surface area contributed by atoms with Gasteiger partial charge in [-0.25, -0.2) is 0 Å². The third kappa shape index (κ3) is 2.57. The van der Waals surface area contributed by atoms with Crippen LogP contribution in [0.2, 0.25) is 0 Å². The average molecular weight is 363 g/mol. The zero-order valence-electron chi connectivity index (χ0n) is 11.0. The second kappa shape index (κ2) is 4.98. The van der Waals surface area contributed by atoms with Crippen LogP contribution in [0.3, 0.4) is 0 Å². The summed E-state index contributed by atoms with van der Waals surface area (Å²) in [6.45, 7) is -0.285. The van der Waals surface area contributed by atoms with Crippen molar-refractivity contribution in [3.63, 3.8) is 0 Å². The molecule has 2 unspecified atom stereocenters. The van der Waals surface area contributed by atoms with Crippen LogP contribution in [0.4, 0.5) is 13.2 Å². The maximum Gasteiger partial charge on any atom is 0.417 e. The second-order valence-electron chi connectivity index (χ2n) is 5.45. The van der Waals surface area contributed by atoms with Crippen LogP contribution in [0.15, 0.2) is 33.7 Å². The summed E-state index contributed by atoms with van der Waals surface area (Å²) in [5, 5.41) is 0. The Kier molecular flexibility index (Phi) is 3.52. The first-order valence-electron chi connectivity index (χ1n) is 6.62. The zero-order valence-corrected chi connectivity index (χ0v) is 12.6. The van der Waals surface area contributed by atoms with E-state index in [9.17, 15) is 13.2 Å². The minimum Gasteiger partial charge on any atom is -0.386 e. The first-order chi connectivity index (χ1) is 9.84. The topological polar surface area (TPSA) is 47.6 Å². The van der Waals surface area contributed by atoms with Crippen LogP contribution in [-0.2, 0) is 10.3 Å². The summed E-state index contributed by atoms with van der Waals surface area (Å²) in [6.07, 6.45) is -5.06. The highest BCUT2D eigenvalue weighted by atomic mass is 79.9. The maximum absolute atomic E-state index is 13.5. The number of nitrogens with zero attached hydrogens (tertiary/aromatic N) is 1. The summed E-state index contributed by atoms with van der Waals surface area (Å²) in [6, 6.07) is 6.80. The van der Waals surface area contributed by atoms with Gasteiger partial charge in [0.25, 0.3) is 0 Å². The first-order valence-corrected chi connectivity index (χ1v) is 7.42. The van der Waals surface area contributed by atoms with E-state index in [2.05, 4.69) is 20.9 Å². The third-order valence-corrected chi connectivity index (χ3v) is 4.40. The lowest BCUT2D eigenvalue weighted by atomic mass is 9.79. The van der Waals surface area contributed by atoms with Crippen molar-refractivity contribution in [2.45, 2.75) is 30.7 Å². The minimum atomic E-state index is -4.49. The number of ether oxygens (including phenoxy) is 1. The van der Waals surface area contributed by atoms with E-state index in [0.717, 1.165) is 0 Å². The Balaban J connectivity index is 2.19. The van der Waals surface area contributed by atoms with Gasteiger partial charge in [-0.1, -0.05) is 28.1 Å². The molecule has 1 aliphatic heterocycles. The van der Waals surface area contributed by atoms with Crippen molar-refractivity contribution in [1.82, 2.24) is 0 Å². The molecule has 0 saturated heterocycles. The number of aliphatic imine (C=N–C) groups is 1.